The molecule has 0 saturated carbocycles. The third-order valence-electron chi connectivity index (χ3n) is 6.06. The molecule has 28 heavy (non-hydrogen) atoms. The molecule has 0 atom stereocenters. The minimum Gasteiger partial charge on any atom is -0.344 e. The maximum absolute atomic E-state index is 5.60. The SMILES string of the molecule is Cc1ccc2c(c1)c1c(n2CCc2ccc(CCCN)nc2)CCN(C)CC1. The molecule has 3 aromatic rings. The summed E-state index contributed by atoms with van der Waals surface area (Å²) < 4.78 is 2.57. The van der Waals surface area contributed by atoms with Crippen molar-refractivity contribution in [2.75, 3.05) is 26.7 Å². The molecule has 0 aliphatic carbocycles. The van der Waals surface area contributed by atoms with Crippen LogP contribution in [0.4, 0.5) is 0 Å². The number of fused-ring (bicyclic) bond motifs is 3. The van der Waals surface area contributed by atoms with Crippen LogP contribution < -0.4 is 5.73 Å². The van der Waals surface area contributed by atoms with Crippen molar-refractivity contribution in [2.24, 2.45) is 5.73 Å². The fourth-order valence-corrected chi connectivity index (χ4v) is 4.40. The topological polar surface area (TPSA) is 47.1 Å². The summed E-state index contributed by atoms with van der Waals surface area (Å²) in [4.78, 5) is 7.09. The molecule has 0 saturated heterocycles. The van der Waals surface area contributed by atoms with Gasteiger partial charge in [0, 0.05) is 54.5 Å². The molecule has 2 aromatic heterocycles. The number of hydrogen-bond donors (Lipinski definition) is 1. The molecule has 4 rings (SSSR count). The standard InChI is InChI=1S/C24H32N4/c1-18-5-8-23-22(16-18)21-10-13-27(2)14-11-24(21)28(23)15-9-19-6-7-20(26-17-19)4-3-12-25/h5-8,16-17H,3-4,9-15,25H2,1-2H3. The molecule has 3 heterocycles. The largest absolute Gasteiger partial charge is 0.344 e. The van der Waals surface area contributed by atoms with Gasteiger partial charge < -0.3 is 15.2 Å². The summed E-state index contributed by atoms with van der Waals surface area (Å²) in [6, 6.07) is 11.3. The average molecular weight is 377 g/mol. The zero-order valence-electron chi connectivity index (χ0n) is 17.2. The van der Waals surface area contributed by atoms with Gasteiger partial charge in [-0.1, -0.05) is 17.7 Å². The van der Waals surface area contributed by atoms with Crippen molar-refractivity contribution in [1.29, 1.82) is 0 Å². The highest BCUT2D eigenvalue weighted by molar-refractivity contribution is 5.86. The van der Waals surface area contributed by atoms with Gasteiger partial charge in [-0.3, -0.25) is 4.98 Å². The number of nitrogens with zero attached hydrogens (tertiary/aromatic N) is 3. The van der Waals surface area contributed by atoms with Crippen LogP contribution >= 0.6 is 0 Å². The Labute approximate surface area is 168 Å². The van der Waals surface area contributed by atoms with Crippen LogP contribution in [0.15, 0.2) is 36.5 Å². The van der Waals surface area contributed by atoms with E-state index in [-0.39, 0.29) is 0 Å². The minimum atomic E-state index is 0.726. The van der Waals surface area contributed by atoms with E-state index < -0.39 is 0 Å². The van der Waals surface area contributed by atoms with Crippen molar-refractivity contribution in [1.82, 2.24) is 14.5 Å². The van der Waals surface area contributed by atoms with Gasteiger partial charge in [0.15, 0.2) is 0 Å². The van der Waals surface area contributed by atoms with Crippen molar-refractivity contribution < 1.29 is 0 Å². The van der Waals surface area contributed by atoms with Crippen molar-refractivity contribution in [3.63, 3.8) is 0 Å². The molecule has 0 spiro atoms. The van der Waals surface area contributed by atoms with Crippen LogP contribution in [0.1, 0.15) is 34.5 Å². The summed E-state index contributed by atoms with van der Waals surface area (Å²) >= 11 is 0. The zero-order valence-corrected chi connectivity index (χ0v) is 17.2. The van der Waals surface area contributed by atoms with E-state index in [0.717, 1.165) is 64.0 Å². The summed E-state index contributed by atoms with van der Waals surface area (Å²) in [6.07, 6.45) is 7.32. The second kappa shape index (κ2) is 8.46. The van der Waals surface area contributed by atoms with Gasteiger partial charge in [-0.15, -0.1) is 0 Å². The number of pyridine rings is 1. The van der Waals surface area contributed by atoms with Gasteiger partial charge in [0.05, 0.1) is 0 Å². The first kappa shape index (κ1) is 19.2. The second-order valence-electron chi connectivity index (χ2n) is 8.20. The monoisotopic (exact) mass is 376 g/mol. The highest BCUT2D eigenvalue weighted by Gasteiger charge is 2.20. The summed E-state index contributed by atoms with van der Waals surface area (Å²) in [6.45, 7) is 6.23. The van der Waals surface area contributed by atoms with Crippen LogP contribution in [0, 0.1) is 6.92 Å². The smallest absolute Gasteiger partial charge is 0.0485 e. The van der Waals surface area contributed by atoms with Crippen molar-refractivity contribution in [2.45, 2.75) is 45.6 Å². The molecule has 4 nitrogen and oxygen atoms in total. The average Bonchev–Trinajstić information content (AvgIpc) is 2.85. The molecule has 148 valence electrons. The Bertz CT molecular complexity index is 939. The van der Waals surface area contributed by atoms with Crippen LogP contribution in [-0.2, 0) is 32.2 Å². The van der Waals surface area contributed by atoms with E-state index in [1.165, 1.54) is 27.7 Å². The third-order valence-corrected chi connectivity index (χ3v) is 6.06. The van der Waals surface area contributed by atoms with Crippen molar-refractivity contribution in [3.05, 3.63) is 64.6 Å². The molecule has 1 aliphatic heterocycles. The normalized spacial score (nSPS) is 15.0. The zero-order chi connectivity index (χ0) is 19.5. The molecule has 1 aromatic carbocycles. The first-order valence-electron chi connectivity index (χ1n) is 10.6. The maximum atomic E-state index is 5.60. The Hall–Kier alpha value is -2.17. The Balaban J connectivity index is 1.60. The van der Waals surface area contributed by atoms with E-state index in [4.69, 9.17) is 5.73 Å². The Morgan fingerprint density at radius 2 is 1.93 bits per heavy atom. The molecular formula is C24H32N4. The van der Waals surface area contributed by atoms with E-state index in [0.29, 0.717) is 0 Å². The van der Waals surface area contributed by atoms with E-state index in [1.807, 2.05) is 6.20 Å². The lowest BCUT2D eigenvalue weighted by molar-refractivity contribution is 0.351. The Morgan fingerprint density at radius 3 is 2.71 bits per heavy atom. The van der Waals surface area contributed by atoms with Crippen molar-refractivity contribution >= 4 is 10.9 Å². The molecule has 2 N–H and O–H groups in total. The van der Waals surface area contributed by atoms with Gasteiger partial charge in [-0.25, -0.2) is 0 Å². The number of rotatable bonds is 6. The van der Waals surface area contributed by atoms with Crippen LogP contribution in [-0.4, -0.2) is 41.1 Å². The third kappa shape index (κ3) is 3.98. The van der Waals surface area contributed by atoms with Crippen LogP contribution in [0.3, 0.4) is 0 Å². The van der Waals surface area contributed by atoms with Gasteiger partial charge in [0.2, 0.25) is 0 Å². The Morgan fingerprint density at radius 1 is 1.07 bits per heavy atom. The lowest BCUT2D eigenvalue weighted by atomic mass is 10.1. The predicted octanol–water partition coefficient (Wildman–Crippen LogP) is 3.51. The lowest BCUT2D eigenvalue weighted by Gasteiger charge is -2.14. The molecule has 0 fully saturated rings. The fraction of sp³-hybridized carbons (Fsp3) is 0.458. The number of likely N-dealkylation sites (N-methyl/N-ethyl adjacent to an activating group) is 1. The quantitative estimate of drug-likeness (QED) is 0.716. The van der Waals surface area contributed by atoms with Crippen LogP contribution in [0.25, 0.3) is 10.9 Å². The Kier molecular flexibility index (Phi) is 5.79. The first-order chi connectivity index (χ1) is 13.7. The molecule has 0 amide bonds. The van der Waals surface area contributed by atoms with Gasteiger partial charge >= 0.3 is 0 Å². The number of nitrogens with two attached hydrogens (primary N) is 1. The molecule has 4 heteroatoms. The van der Waals surface area contributed by atoms with Gasteiger partial charge in [0.1, 0.15) is 0 Å². The number of benzene rings is 1. The summed E-state index contributed by atoms with van der Waals surface area (Å²) in [5.41, 5.74) is 13.9. The molecule has 0 radical (unpaired) electrons. The predicted molar refractivity (Wildman–Crippen MR) is 117 cm³/mol. The van der Waals surface area contributed by atoms with E-state index in [1.54, 1.807) is 5.56 Å². The highest BCUT2D eigenvalue weighted by Crippen LogP contribution is 2.30. The maximum Gasteiger partial charge on any atom is 0.0485 e. The van der Waals surface area contributed by atoms with Crippen molar-refractivity contribution in [3.8, 4) is 0 Å². The summed E-state index contributed by atoms with van der Waals surface area (Å²) in [7, 11) is 2.24. The first-order valence-corrected chi connectivity index (χ1v) is 10.6. The molecule has 0 unspecified atom stereocenters. The fourth-order valence-electron chi connectivity index (χ4n) is 4.40. The van der Waals surface area contributed by atoms with E-state index in [2.05, 4.69) is 58.8 Å². The second-order valence-corrected chi connectivity index (χ2v) is 8.20. The number of aryl methyl sites for hydroxylation is 4. The van der Waals surface area contributed by atoms with Crippen LogP contribution in [0.2, 0.25) is 0 Å². The molecule has 1 aliphatic rings. The summed E-state index contributed by atoms with van der Waals surface area (Å²) in [5.74, 6) is 0. The number of aromatic nitrogens is 2. The van der Waals surface area contributed by atoms with E-state index >= 15 is 0 Å². The van der Waals surface area contributed by atoms with Gasteiger partial charge in [-0.2, -0.15) is 0 Å². The van der Waals surface area contributed by atoms with Gasteiger partial charge in [-0.05, 0) is 75.5 Å². The minimum absolute atomic E-state index is 0.726. The van der Waals surface area contributed by atoms with Gasteiger partial charge in [0.25, 0.3) is 0 Å². The highest BCUT2D eigenvalue weighted by atomic mass is 15.1. The van der Waals surface area contributed by atoms with E-state index in [9.17, 15) is 0 Å². The van der Waals surface area contributed by atoms with Crippen LogP contribution in [0.5, 0.6) is 0 Å². The molecular weight excluding hydrogens is 344 g/mol. The summed E-state index contributed by atoms with van der Waals surface area (Å²) in [5, 5.41) is 1.46. The molecule has 0 bridgehead atoms. The lowest BCUT2D eigenvalue weighted by Crippen LogP contribution is -2.21. The number of hydrogen-bond acceptors (Lipinski definition) is 3.